The Morgan fingerprint density at radius 1 is 1.22 bits per heavy atom. The number of furan rings is 1. The molecule has 7 heteroatoms. The predicted molar refractivity (Wildman–Crippen MR) is 103 cm³/mol. The third kappa shape index (κ3) is 5.89. The summed E-state index contributed by atoms with van der Waals surface area (Å²) in [6.45, 7) is 7.15. The van der Waals surface area contributed by atoms with Gasteiger partial charge in [0.05, 0.1) is 5.75 Å². The van der Waals surface area contributed by atoms with Crippen molar-refractivity contribution < 1.29 is 17.2 Å². The minimum Gasteiger partial charge on any atom is -0.466 e. The van der Waals surface area contributed by atoms with E-state index in [1.165, 1.54) is 23.8 Å². The molecule has 0 spiro atoms. The van der Waals surface area contributed by atoms with E-state index in [1.54, 1.807) is 6.07 Å². The lowest BCUT2D eigenvalue weighted by Gasteiger charge is -2.31. The molecule has 1 saturated heterocycles. The number of benzene rings is 1. The van der Waals surface area contributed by atoms with E-state index in [0.717, 1.165) is 44.0 Å². The van der Waals surface area contributed by atoms with Crippen LogP contribution in [-0.4, -0.2) is 33.0 Å². The highest BCUT2D eigenvalue weighted by atomic mass is 32.2. The van der Waals surface area contributed by atoms with E-state index in [2.05, 4.69) is 15.7 Å². The summed E-state index contributed by atoms with van der Waals surface area (Å²) in [5, 5.41) is 0. The molecule has 1 N–H and O–H groups in total. The van der Waals surface area contributed by atoms with Gasteiger partial charge >= 0.3 is 0 Å². The van der Waals surface area contributed by atoms with Crippen LogP contribution in [0.1, 0.15) is 35.5 Å². The summed E-state index contributed by atoms with van der Waals surface area (Å²) in [4.78, 5) is 2.38. The number of hydrogen-bond donors (Lipinski definition) is 1. The molecule has 27 heavy (non-hydrogen) atoms. The van der Waals surface area contributed by atoms with Crippen molar-refractivity contribution >= 4 is 10.0 Å². The van der Waals surface area contributed by atoms with Crippen LogP contribution in [0.4, 0.5) is 4.39 Å². The molecular formula is C20H27FN2O3S. The zero-order chi connectivity index (χ0) is 19.4. The predicted octanol–water partition coefficient (Wildman–Crippen LogP) is 3.37. The van der Waals surface area contributed by atoms with E-state index in [9.17, 15) is 12.8 Å². The second-order valence-electron chi connectivity index (χ2n) is 7.40. The van der Waals surface area contributed by atoms with Crippen LogP contribution in [0.25, 0.3) is 0 Å². The molecule has 3 rings (SSSR count). The van der Waals surface area contributed by atoms with Gasteiger partial charge in [0.25, 0.3) is 0 Å². The smallest absolute Gasteiger partial charge is 0.215 e. The first-order chi connectivity index (χ1) is 12.8. The normalized spacial score (nSPS) is 16.7. The molecule has 2 aromatic rings. The van der Waals surface area contributed by atoms with E-state index >= 15 is 0 Å². The highest BCUT2D eigenvalue weighted by Crippen LogP contribution is 2.21. The van der Waals surface area contributed by atoms with Gasteiger partial charge in [-0.05, 0) is 69.5 Å². The first-order valence-corrected chi connectivity index (χ1v) is 11.0. The second-order valence-corrected chi connectivity index (χ2v) is 9.20. The Hall–Kier alpha value is -1.70. The fourth-order valence-corrected chi connectivity index (χ4v) is 4.78. The fraction of sp³-hybridized carbons (Fsp3) is 0.500. The van der Waals surface area contributed by atoms with Gasteiger partial charge in [-0.2, -0.15) is 0 Å². The molecule has 1 aliphatic rings. The minimum atomic E-state index is -3.46. The SMILES string of the molecule is Cc1cc(CN2CCC(CNS(=O)(=O)Cc3cccc(F)c3)CC2)c(C)o1. The summed E-state index contributed by atoms with van der Waals surface area (Å²) in [6.07, 6.45) is 1.91. The monoisotopic (exact) mass is 394 g/mol. The number of nitrogens with zero attached hydrogens (tertiary/aromatic N) is 1. The molecule has 1 aliphatic heterocycles. The largest absolute Gasteiger partial charge is 0.466 e. The van der Waals surface area contributed by atoms with Crippen LogP contribution in [0.15, 0.2) is 34.7 Å². The Labute approximate surface area is 160 Å². The van der Waals surface area contributed by atoms with Crippen molar-refractivity contribution in [2.45, 2.75) is 39.0 Å². The van der Waals surface area contributed by atoms with Crippen molar-refractivity contribution in [3.05, 3.63) is 58.8 Å². The van der Waals surface area contributed by atoms with Crippen molar-refractivity contribution in [2.24, 2.45) is 5.92 Å². The van der Waals surface area contributed by atoms with Gasteiger partial charge in [-0.15, -0.1) is 0 Å². The first-order valence-electron chi connectivity index (χ1n) is 9.31. The summed E-state index contributed by atoms with van der Waals surface area (Å²) >= 11 is 0. The van der Waals surface area contributed by atoms with Crippen LogP contribution >= 0.6 is 0 Å². The maximum absolute atomic E-state index is 13.2. The summed E-state index contributed by atoms with van der Waals surface area (Å²) < 4.78 is 46.0. The van der Waals surface area contributed by atoms with Crippen LogP contribution in [0.3, 0.4) is 0 Å². The molecule has 0 aliphatic carbocycles. The average molecular weight is 395 g/mol. The van der Waals surface area contributed by atoms with Gasteiger partial charge in [0, 0.05) is 18.7 Å². The summed E-state index contributed by atoms with van der Waals surface area (Å²) in [5.74, 6) is 1.63. The number of nitrogens with one attached hydrogen (secondary N) is 1. The van der Waals surface area contributed by atoms with Crippen molar-refractivity contribution in [2.75, 3.05) is 19.6 Å². The van der Waals surface area contributed by atoms with E-state index in [0.29, 0.717) is 18.0 Å². The van der Waals surface area contributed by atoms with Gasteiger partial charge in [-0.3, -0.25) is 4.90 Å². The van der Waals surface area contributed by atoms with Crippen LogP contribution in [0.2, 0.25) is 0 Å². The van der Waals surface area contributed by atoms with Gasteiger partial charge in [0.15, 0.2) is 0 Å². The maximum Gasteiger partial charge on any atom is 0.215 e. The van der Waals surface area contributed by atoms with Gasteiger partial charge in [0.2, 0.25) is 10.0 Å². The minimum absolute atomic E-state index is 0.192. The van der Waals surface area contributed by atoms with E-state index in [4.69, 9.17) is 4.42 Å². The Bertz CT molecular complexity index is 871. The standard InChI is InChI=1S/C20H27FN2O3S/c1-15-10-19(16(2)26-15)13-23-8-6-17(7-9-23)12-22-27(24,25)14-18-4-3-5-20(21)11-18/h3-5,10-11,17,22H,6-9,12-14H2,1-2H3. The van der Waals surface area contributed by atoms with Gasteiger partial charge in [0.1, 0.15) is 17.3 Å². The van der Waals surface area contributed by atoms with Crippen LogP contribution in [0, 0.1) is 25.6 Å². The quantitative estimate of drug-likeness (QED) is 0.782. The molecule has 1 fully saturated rings. The first kappa shape index (κ1) is 20.0. The number of rotatable bonds is 7. The van der Waals surface area contributed by atoms with Crippen molar-refractivity contribution in [3.8, 4) is 0 Å². The molecule has 0 atom stereocenters. The molecule has 0 saturated carbocycles. The van der Waals surface area contributed by atoms with Crippen LogP contribution in [-0.2, 0) is 22.3 Å². The average Bonchev–Trinajstić information content (AvgIpc) is 2.91. The van der Waals surface area contributed by atoms with Crippen LogP contribution in [0.5, 0.6) is 0 Å². The van der Waals surface area contributed by atoms with Gasteiger partial charge in [-0.1, -0.05) is 12.1 Å². The number of aryl methyl sites for hydroxylation is 2. The Morgan fingerprint density at radius 3 is 2.59 bits per heavy atom. The Balaban J connectivity index is 1.44. The molecule has 0 radical (unpaired) electrons. The summed E-state index contributed by atoms with van der Waals surface area (Å²) in [7, 11) is -3.46. The van der Waals surface area contributed by atoms with Gasteiger partial charge in [-0.25, -0.2) is 17.5 Å². The summed E-state index contributed by atoms with van der Waals surface area (Å²) in [5.41, 5.74) is 1.69. The van der Waals surface area contributed by atoms with Crippen molar-refractivity contribution in [1.29, 1.82) is 0 Å². The fourth-order valence-electron chi connectivity index (χ4n) is 3.57. The second kappa shape index (κ2) is 8.54. The zero-order valence-electron chi connectivity index (χ0n) is 15.9. The molecule has 0 bridgehead atoms. The number of halogens is 1. The van der Waals surface area contributed by atoms with Crippen molar-refractivity contribution in [1.82, 2.24) is 9.62 Å². The maximum atomic E-state index is 13.2. The molecule has 5 nitrogen and oxygen atoms in total. The van der Waals surface area contributed by atoms with Crippen LogP contribution < -0.4 is 4.72 Å². The number of sulfonamides is 1. The molecule has 1 aromatic carbocycles. The zero-order valence-corrected chi connectivity index (χ0v) is 16.7. The van der Waals surface area contributed by atoms with E-state index < -0.39 is 15.8 Å². The van der Waals surface area contributed by atoms with E-state index in [1.807, 2.05) is 13.8 Å². The summed E-state index contributed by atoms with van der Waals surface area (Å²) in [6, 6.07) is 7.81. The van der Waals surface area contributed by atoms with Crippen molar-refractivity contribution in [3.63, 3.8) is 0 Å². The lowest BCUT2D eigenvalue weighted by atomic mass is 9.97. The molecular weight excluding hydrogens is 367 g/mol. The van der Waals surface area contributed by atoms with Gasteiger partial charge < -0.3 is 4.42 Å². The third-order valence-electron chi connectivity index (χ3n) is 5.08. The third-order valence-corrected chi connectivity index (χ3v) is 6.40. The topological polar surface area (TPSA) is 62.6 Å². The number of piperidine rings is 1. The Morgan fingerprint density at radius 2 is 1.96 bits per heavy atom. The lowest BCUT2D eigenvalue weighted by Crippen LogP contribution is -2.38. The highest BCUT2D eigenvalue weighted by Gasteiger charge is 2.22. The number of hydrogen-bond acceptors (Lipinski definition) is 4. The molecule has 0 unspecified atom stereocenters. The molecule has 2 heterocycles. The Kier molecular flexibility index (Phi) is 6.34. The molecule has 1 aromatic heterocycles. The molecule has 148 valence electrons. The molecule has 0 amide bonds. The highest BCUT2D eigenvalue weighted by molar-refractivity contribution is 7.88. The number of likely N-dealkylation sites (tertiary alicyclic amines) is 1. The van der Waals surface area contributed by atoms with E-state index in [-0.39, 0.29) is 5.75 Å². The lowest BCUT2D eigenvalue weighted by molar-refractivity contribution is 0.178.